The minimum Gasteiger partial charge on any atom is -0.466 e. The molecule has 0 radical (unpaired) electrons. The Kier molecular flexibility index (Phi) is 8.59. The van der Waals surface area contributed by atoms with E-state index < -0.39 is 0 Å². The number of esters is 1. The van der Waals surface area contributed by atoms with Gasteiger partial charge in [-0.2, -0.15) is 0 Å². The second-order valence-electron chi connectivity index (χ2n) is 4.54. The predicted octanol–water partition coefficient (Wildman–Crippen LogP) is 2.97. The number of benzene rings is 1. The fraction of sp³-hybridized carbons (Fsp3) is 0.500. The molecule has 0 heterocycles. The molecular weight excluding hydrogens is 286 g/mol. The first-order valence-electron chi connectivity index (χ1n) is 7.28. The molecule has 5 heteroatoms. The average molecular weight is 309 g/mol. The number of rotatable bonds is 9. The van der Waals surface area contributed by atoms with E-state index in [1.54, 1.807) is 11.8 Å². The van der Waals surface area contributed by atoms with Gasteiger partial charge in [0.05, 0.1) is 18.8 Å². The average Bonchev–Trinajstić information content (AvgIpc) is 2.50. The molecule has 1 aromatic carbocycles. The molecule has 0 saturated carbocycles. The third kappa shape index (κ3) is 7.18. The van der Waals surface area contributed by atoms with Crippen molar-refractivity contribution in [3.8, 4) is 0 Å². The van der Waals surface area contributed by atoms with E-state index in [4.69, 9.17) is 4.74 Å². The van der Waals surface area contributed by atoms with Gasteiger partial charge in [0.1, 0.15) is 0 Å². The van der Waals surface area contributed by atoms with Crippen LogP contribution in [0.2, 0.25) is 0 Å². The van der Waals surface area contributed by atoms with Crippen LogP contribution >= 0.6 is 11.8 Å². The Hall–Kier alpha value is -1.49. The number of nitrogens with zero attached hydrogens (tertiary/aromatic N) is 1. The van der Waals surface area contributed by atoms with Crippen molar-refractivity contribution in [2.75, 3.05) is 25.4 Å². The summed E-state index contributed by atoms with van der Waals surface area (Å²) in [6.07, 6.45) is 1.14. The molecule has 1 amide bonds. The van der Waals surface area contributed by atoms with E-state index in [9.17, 15) is 9.59 Å². The highest BCUT2D eigenvalue weighted by molar-refractivity contribution is 8.00. The van der Waals surface area contributed by atoms with Crippen molar-refractivity contribution in [2.24, 2.45) is 0 Å². The zero-order valence-electron chi connectivity index (χ0n) is 12.7. The van der Waals surface area contributed by atoms with E-state index in [2.05, 4.69) is 0 Å². The number of amides is 1. The van der Waals surface area contributed by atoms with Crippen molar-refractivity contribution in [3.63, 3.8) is 0 Å². The van der Waals surface area contributed by atoms with Crippen LogP contribution in [0, 0.1) is 0 Å². The van der Waals surface area contributed by atoms with Gasteiger partial charge >= 0.3 is 5.97 Å². The summed E-state index contributed by atoms with van der Waals surface area (Å²) in [5, 5.41) is 0. The van der Waals surface area contributed by atoms with Crippen LogP contribution in [-0.4, -0.2) is 42.2 Å². The number of carbonyl (C=O) groups excluding carboxylic acids is 2. The predicted molar refractivity (Wildman–Crippen MR) is 85.3 cm³/mol. The number of hydrogen-bond donors (Lipinski definition) is 0. The molecule has 0 N–H and O–H groups in total. The van der Waals surface area contributed by atoms with E-state index in [0.717, 1.165) is 11.3 Å². The molecule has 0 atom stereocenters. The molecule has 0 aliphatic rings. The number of thioether (sulfide) groups is 1. The highest BCUT2D eigenvalue weighted by Crippen LogP contribution is 2.17. The van der Waals surface area contributed by atoms with Crippen LogP contribution < -0.4 is 0 Å². The topological polar surface area (TPSA) is 46.6 Å². The largest absolute Gasteiger partial charge is 0.466 e. The maximum atomic E-state index is 12.2. The summed E-state index contributed by atoms with van der Waals surface area (Å²) in [7, 11) is 0. The molecule has 21 heavy (non-hydrogen) atoms. The Bertz CT molecular complexity index is 436. The smallest absolute Gasteiger partial charge is 0.307 e. The molecular formula is C16H23NO3S. The van der Waals surface area contributed by atoms with E-state index in [1.807, 2.05) is 37.3 Å². The molecule has 1 aromatic rings. The first-order valence-corrected chi connectivity index (χ1v) is 8.27. The molecule has 0 fully saturated rings. The van der Waals surface area contributed by atoms with Crippen LogP contribution in [0.15, 0.2) is 35.2 Å². The summed E-state index contributed by atoms with van der Waals surface area (Å²) in [6.45, 7) is 5.29. The van der Waals surface area contributed by atoms with Crippen LogP contribution in [0.25, 0.3) is 0 Å². The minimum atomic E-state index is -0.248. The summed E-state index contributed by atoms with van der Waals surface area (Å²) >= 11 is 1.52. The summed E-state index contributed by atoms with van der Waals surface area (Å²) in [5.41, 5.74) is 0. The lowest BCUT2D eigenvalue weighted by atomic mass is 10.3. The zero-order chi connectivity index (χ0) is 15.5. The number of ether oxygens (including phenoxy) is 1. The monoisotopic (exact) mass is 309 g/mol. The standard InChI is InChI=1S/C16H23NO3S/c1-3-11-17(12-10-16(19)20-4-2)15(18)13-21-14-8-6-5-7-9-14/h5-9H,3-4,10-13H2,1-2H3. The molecule has 1 rings (SSSR count). The lowest BCUT2D eigenvalue weighted by Crippen LogP contribution is -2.35. The quantitative estimate of drug-likeness (QED) is 0.520. The van der Waals surface area contributed by atoms with Crippen molar-refractivity contribution < 1.29 is 14.3 Å². The van der Waals surface area contributed by atoms with E-state index in [1.165, 1.54) is 11.8 Å². The third-order valence-corrected chi connectivity index (χ3v) is 3.84. The Morgan fingerprint density at radius 1 is 1.14 bits per heavy atom. The van der Waals surface area contributed by atoms with Crippen molar-refractivity contribution >= 4 is 23.6 Å². The van der Waals surface area contributed by atoms with E-state index in [-0.39, 0.29) is 18.3 Å². The van der Waals surface area contributed by atoms with Gasteiger partial charge in [-0.25, -0.2) is 0 Å². The van der Waals surface area contributed by atoms with Crippen LogP contribution in [-0.2, 0) is 14.3 Å². The van der Waals surface area contributed by atoms with Crippen LogP contribution in [0.4, 0.5) is 0 Å². The van der Waals surface area contributed by atoms with Gasteiger partial charge in [-0.05, 0) is 25.5 Å². The summed E-state index contributed by atoms with van der Waals surface area (Å²) < 4.78 is 4.90. The van der Waals surface area contributed by atoms with Gasteiger partial charge in [0.15, 0.2) is 0 Å². The number of hydrogen-bond acceptors (Lipinski definition) is 4. The lowest BCUT2D eigenvalue weighted by Gasteiger charge is -2.21. The van der Waals surface area contributed by atoms with Gasteiger partial charge in [-0.1, -0.05) is 25.1 Å². The molecule has 0 unspecified atom stereocenters. The van der Waals surface area contributed by atoms with Crippen molar-refractivity contribution in [1.29, 1.82) is 0 Å². The van der Waals surface area contributed by atoms with Crippen molar-refractivity contribution in [1.82, 2.24) is 4.90 Å². The Balaban J connectivity index is 2.43. The molecule has 0 aromatic heterocycles. The first-order chi connectivity index (χ1) is 10.2. The third-order valence-electron chi connectivity index (χ3n) is 2.84. The Morgan fingerprint density at radius 3 is 2.48 bits per heavy atom. The van der Waals surface area contributed by atoms with Crippen molar-refractivity contribution in [2.45, 2.75) is 31.6 Å². The maximum Gasteiger partial charge on any atom is 0.307 e. The number of carbonyl (C=O) groups is 2. The molecule has 0 aliphatic heterocycles. The van der Waals surface area contributed by atoms with Gasteiger partial charge in [0.25, 0.3) is 0 Å². The zero-order valence-corrected chi connectivity index (χ0v) is 13.5. The van der Waals surface area contributed by atoms with Crippen LogP contribution in [0.1, 0.15) is 26.7 Å². The molecule has 0 aliphatic carbocycles. The molecule has 0 bridgehead atoms. The first kappa shape index (κ1) is 17.6. The SMILES string of the molecule is CCCN(CCC(=O)OCC)C(=O)CSc1ccccc1. The molecule has 0 spiro atoms. The Labute approximate surface area is 130 Å². The van der Waals surface area contributed by atoms with Gasteiger partial charge in [-0.15, -0.1) is 11.8 Å². The molecule has 0 saturated heterocycles. The summed E-state index contributed by atoms with van der Waals surface area (Å²) in [5.74, 6) is 0.212. The maximum absolute atomic E-state index is 12.2. The second kappa shape index (κ2) is 10.3. The molecule has 4 nitrogen and oxygen atoms in total. The van der Waals surface area contributed by atoms with E-state index >= 15 is 0 Å². The fourth-order valence-electron chi connectivity index (χ4n) is 1.84. The Morgan fingerprint density at radius 2 is 1.86 bits per heavy atom. The van der Waals surface area contributed by atoms with Gasteiger partial charge in [-0.3, -0.25) is 9.59 Å². The highest BCUT2D eigenvalue weighted by atomic mass is 32.2. The van der Waals surface area contributed by atoms with Gasteiger partial charge in [0, 0.05) is 18.0 Å². The van der Waals surface area contributed by atoms with Crippen LogP contribution in [0.5, 0.6) is 0 Å². The van der Waals surface area contributed by atoms with Gasteiger partial charge in [0.2, 0.25) is 5.91 Å². The van der Waals surface area contributed by atoms with Crippen LogP contribution in [0.3, 0.4) is 0 Å². The second-order valence-corrected chi connectivity index (χ2v) is 5.59. The molecule has 116 valence electrons. The fourth-order valence-corrected chi connectivity index (χ4v) is 2.67. The summed E-state index contributed by atoms with van der Waals surface area (Å²) in [4.78, 5) is 26.4. The summed E-state index contributed by atoms with van der Waals surface area (Å²) in [6, 6.07) is 9.84. The van der Waals surface area contributed by atoms with Crippen molar-refractivity contribution in [3.05, 3.63) is 30.3 Å². The van der Waals surface area contributed by atoms with Gasteiger partial charge < -0.3 is 9.64 Å². The minimum absolute atomic E-state index is 0.0648. The van der Waals surface area contributed by atoms with E-state index in [0.29, 0.717) is 25.4 Å². The normalized spacial score (nSPS) is 10.2. The highest BCUT2D eigenvalue weighted by Gasteiger charge is 2.14. The lowest BCUT2D eigenvalue weighted by molar-refractivity contribution is -0.143.